The van der Waals surface area contributed by atoms with E-state index in [1.807, 2.05) is 37.6 Å². The number of hydrogen-bond acceptors (Lipinski definition) is 6. The molecule has 0 N–H and O–H groups in total. The smallest absolute Gasteiger partial charge is 0.276 e. The van der Waals surface area contributed by atoms with E-state index in [0.717, 1.165) is 28.2 Å². The summed E-state index contributed by atoms with van der Waals surface area (Å²) in [5, 5.41) is 2.46. The fourth-order valence-electron chi connectivity index (χ4n) is 3.61. The van der Waals surface area contributed by atoms with Crippen LogP contribution < -0.4 is 10.3 Å². The lowest BCUT2D eigenvalue weighted by Gasteiger charge is -2.19. The Morgan fingerprint density at radius 1 is 1.14 bits per heavy atom. The fraction of sp³-hybridized carbons (Fsp3) is 0.308. The quantitative estimate of drug-likeness (QED) is 0.258. The lowest BCUT2D eigenvalue weighted by Crippen LogP contribution is -2.24. The number of aromatic nitrogens is 4. The SMILES string of the molecule is Cc1cc(COc2nc(C)n(-c3cc(-c4nc(C(C)(C)C)ncc4C)ccc3Cl)c(=O)c2Br)cs1. The third-order valence-electron chi connectivity index (χ3n) is 5.43. The Morgan fingerprint density at radius 2 is 1.89 bits per heavy atom. The second-order valence-electron chi connectivity index (χ2n) is 9.41. The van der Waals surface area contributed by atoms with E-state index in [0.29, 0.717) is 23.1 Å². The largest absolute Gasteiger partial charge is 0.472 e. The molecule has 6 nitrogen and oxygen atoms in total. The summed E-state index contributed by atoms with van der Waals surface area (Å²) in [5.41, 5.74) is 3.63. The van der Waals surface area contributed by atoms with Gasteiger partial charge in [-0.2, -0.15) is 4.98 Å². The maximum Gasteiger partial charge on any atom is 0.276 e. The molecule has 182 valence electrons. The molecule has 1 aromatic carbocycles. The molecule has 0 aliphatic heterocycles. The number of aryl methyl sites for hydroxylation is 3. The van der Waals surface area contributed by atoms with Gasteiger partial charge in [-0.1, -0.05) is 38.4 Å². The highest BCUT2D eigenvalue weighted by molar-refractivity contribution is 9.10. The van der Waals surface area contributed by atoms with E-state index in [1.54, 1.807) is 24.3 Å². The number of halogens is 2. The summed E-state index contributed by atoms with van der Waals surface area (Å²) < 4.78 is 7.58. The van der Waals surface area contributed by atoms with Crippen LogP contribution in [0.25, 0.3) is 16.9 Å². The van der Waals surface area contributed by atoms with Crippen LogP contribution in [-0.4, -0.2) is 19.5 Å². The first-order valence-corrected chi connectivity index (χ1v) is 13.1. The Balaban J connectivity index is 1.76. The van der Waals surface area contributed by atoms with Crippen molar-refractivity contribution in [3.8, 4) is 22.8 Å². The number of rotatable bonds is 5. The molecule has 0 saturated heterocycles. The molecule has 0 unspecified atom stereocenters. The summed E-state index contributed by atoms with van der Waals surface area (Å²) in [4.78, 5) is 28.5. The number of hydrogen-bond donors (Lipinski definition) is 0. The standard InChI is InChI=1S/C26H26BrClN4O2S/c1-14-11-29-25(26(4,5)6)31-22(14)18-7-8-19(28)20(10-18)32-16(3)30-23(21(27)24(32)33)34-12-17-9-15(2)35-13-17/h7-11,13H,12H2,1-6H3. The van der Waals surface area contributed by atoms with Crippen LogP contribution in [0, 0.1) is 20.8 Å². The van der Waals surface area contributed by atoms with Crippen LogP contribution in [0.15, 0.2) is 45.1 Å². The predicted octanol–water partition coefficient (Wildman–Crippen LogP) is 6.97. The van der Waals surface area contributed by atoms with Crippen LogP contribution in [0.4, 0.5) is 0 Å². The first kappa shape index (κ1) is 25.5. The van der Waals surface area contributed by atoms with Gasteiger partial charge in [-0.3, -0.25) is 9.36 Å². The van der Waals surface area contributed by atoms with Crippen molar-refractivity contribution in [3.63, 3.8) is 0 Å². The van der Waals surface area contributed by atoms with Gasteiger partial charge in [-0.05, 0) is 65.8 Å². The van der Waals surface area contributed by atoms with E-state index >= 15 is 0 Å². The Labute approximate surface area is 222 Å². The van der Waals surface area contributed by atoms with Crippen molar-refractivity contribution in [1.82, 2.24) is 19.5 Å². The minimum Gasteiger partial charge on any atom is -0.472 e. The molecule has 0 spiro atoms. The Bertz CT molecular complexity index is 1470. The van der Waals surface area contributed by atoms with Gasteiger partial charge in [-0.15, -0.1) is 11.3 Å². The lowest BCUT2D eigenvalue weighted by atomic mass is 9.95. The number of thiophene rings is 1. The molecule has 0 fully saturated rings. The number of benzene rings is 1. The van der Waals surface area contributed by atoms with E-state index in [1.165, 1.54) is 9.44 Å². The highest BCUT2D eigenvalue weighted by Crippen LogP contribution is 2.31. The van der Waals surface area contributed by atoms with E-state index < -0.39 is 0 Å². The molecular formula is C26H26BrClN4O2S. The summed E-state index contributed by atoms with van der Waals surface area (Å²) in [7, 11) is 0. The molecule has 0 atom stereocenters. The molecule has 9 heteroatoms. The maximum absolute atomic E-state index is 13.4. The normalized spacial score (nSPS) is 11.7. The maximum atomic E-state index is 13.4. The minimum absolute atomic E-state index is 0.197. The topological polar surface area (TPSA) is 69.9 Å². The van der Waals surface area contributed by atoms with Gasteiger partial charge in [0.25, 0.3) is 5.56 Å². The Hall–Kier alpha value is -2.55. The van der Waals surface area contributed by atoms with Crippen molar-refractivity contribution >= 4 is 38.9 Å². The van der Waals surface area contributed by atoms with Crippen molar-refractivity contribution in [2.24, 2.45) is 0 Å². The fourth-order valence-corrected chi connectivity index (χ4v) is 4.89. The molecule has 0 aliphatic carbocycles. The predicted molar refractivity (Wildman–Crippen MR) is 145 cm³/mol. The molecule has 0 aliphatic rings. The first-order chi connectivity index (χ1) is 16.5. The van der Waals surface area contributed by atoms with Gasteiger partial charge in [-0.25, -0.2) is 9.97 Å². The average molecular weight is 574 g/mol. The number of nitrogens with zero attached hydrogens (tertiary/aromatic N) is 4. The van der Waals surface area contributed by atoms with Gasteiger partial charge >= 0.3 is 0 Å². The van der Waals surface area contributed by atoms with Gasteiger partial charge in [0.2, 0.25) is 5.88 Å². The van der Waals surface area contributed by atoms with Crippen LogP contribution in [0.3, 0.4) is 0 Å². The van der Waals surface area contributed by atoms with Crippen LogP contribution in [0.1, 0.15) is 48.4 Å². The van der Waals surface area contributed by atoms with E-state index in [2.05, 4.69) is 52.7 Å². The van der Waals surface area contributed by atoms with Crippen LogP contribution in [0.2, 0.25) is 5.02 Å². The highest BCUT2D eigenvalue weighted by atomic mass is 79.9. The van der Waals surface area contributed by atoms with Crippen molar-refractivity contribution in [1.29, 1.82) is 0 Å². The van der Waals surface area contributed by atoms with Crippen molar-refractivity contribution in [3.05, 3.63) is 83.3 Å². The summed E-state index contributed by atoms with van der Waals surface area (Å²) >= 11 is 11.6. The van der Waals surface area contributed by atoms with Crippen LogP contribution in [0.5, 0.6) is 5.88 Å². The van der Waals surface area contributed by atoms with Crippen molar-refractivity contribution in [2.45, 2.75) is 53.6 Å². The first-order valence-electron chi connectivity index (χ1n) is 11.1. The van der Waals surface area contributed by atoms with Crippen LogP contribution >= 0.6 is 38.9 Å². The second-order valence-corrected chi connectivity index (χ2v) is 11.7. The summed E-state index contributed by atoms with van der Waals surface area (Å²) in [6.07, 6.45) is 1.83. The lowest BCUT2D eigenvalue weighted by molar-refractivity contribution is 0.289. The molecule has 0 saturated carbocycles. The molecule has 0 bridgehead atoms. The molecule has 35 heavy (non-hydrogen) atoms. The van der Waals surface area contributed by atoms with E-state index in [4.69, 9.17) is 21.3 Å². The molecule has 3 heterocycles. The summed E-state index contributed by atoms with van der Waals surface area (Å²) in [6.45, 7) is 12.3. The summed E-state index contributed by atoms with van der Waals surface area (Å²) in [5.74, 6) is 1.46. The Morgan fingerprint density at radius 3 is 2.54 bits per heavy atom. The Kier molecular flexibility index (Phi) is 7.18. The minimum atomic E-state index is -0.303. The number of ether oxygens (including phenoxy) is 1. The van der Waals surface area contributed by atoms with Gasteiger partial charge in [0.05, 0.1) is 16.4 Å². The average Bonchev–Trinajstić information content (AvgIpc) is 3.21. The van der Waals surface area contributed by atoms with Gasteiger partial charge in [0.1, 0.15) is 22.7 Å². The zero-order valence-electron chi connectivity index (χ0n) is 20.4. The highest BCUT2D eigenvalue weighted by Gasteiger charge is 2.21. The molecule has 0 radical (unpaired) electrons. The monoisotopic (exact) mass is 572 g/mol. The van der Waals surface area contributed by atoms with Crippen molar-refractivity contribution in [2.75, 3.05) is 0 Å². The zero-order valence-corrected chi connectivity index (χ0v) is 23.6. The van der Waals surface area contributed by atoms with Gasteiger partial charge in [0.15, 0.2) is 0 Å². The van der Waals surface area contributed by atoms with Gasteiger partial charge < -0.3 is 4.74 Å². The molecule has 3 aromatic heterocycles. The van der Waals surface area contributed by atoms with E-state index in [-0.39, 0.29) is 21.3 Å². The molecule has 0 amide bonds. The third-order valence-corrected chi connectivity index (χ3v) is 7.34. The van der Waals surface area contributed by atoms with Crippen LogP contribution in [-0.2, 0) is 12.0 Å². The van der Waals surface area contributed by atoms with E-state index in [9.17, 15) is 4.79 Å². The molecular weight excluding hydrogens is 548 g/mol. The second kappa shape index (κ2) is 9.84. The summed E-state index contributed by atoms with van der Waals surface area (Å²) in [6, 6.07) is 7.59. The molecule has 4 aromatic rings. The zero-order chi connectivity index (χ0) is 25.5. The third kappa shape index (κ3) is 5.34. The van der Waals surface area contributed by atoms with Crippen molar-refractivity contribution < 1.29 is 4.74 Å². The van der Waals surface area contributed by atoms with Gasteiger partial charge in [0, 0.05) is 27.6 Å². The molecule has 4 rings (SSSR count).